The van der Waals surface area contributed by atoms with Crippen LogP contribution in [0.15, 0.2) is 30.3 Å². The molecular weight excluding hydrogens is 446 g/mol. The number of nitrogens with zero attached hydrogens (tertiary/aromatic N) is 3. The van der Waals surface area contributed by atoms with Crippen LogP contribution in [0.4, 0.5) is 5.00 Å². The van der Waals surface area contributed by atoms with Crippen molar-refractivity contribution < 1.29 is 9.59 Å². The van der Waals surface area contributed by atoms with Crippen molar-refractivity contribution in [3.05, 3.63) is 52.0 Å². The molecule has 1 aromatic carbocycles. The molecule has 1 fully saturated rings. The van der Waals surface area contributed by atoms with E-state index in [1.54, 1.807) is 11.3 Å². The van der Waals surface area contributed by atoms with Crippen LogP contribution < -0.4 is 5.32 Å². The molecule has 0 atom stereocenters. The van der Waals surface area contributed by atoms with Gasteiger partial charge < -0.3 is 15.2 Å². The molecule has 7 nitrogen and oxygen atoms in total. The fourth-order valence-corrected chi connectivity index (χ4v) is 6.19. The Bertz CT molecular complexity index is 1210. The highest BCUT2D eigenvalue weighted by Crippen LogP contribution is 2.37. The Morgan fingerprint density at radius 1 is 1.09 bits per heavy atom. The quantitative estimate of drug-likeness (QED) is 0.542. The van der Waals surface area contributed by atoms with Crippen molar-refractivity contribution in [1.82, 2.24) is 14.8 Å². The summed E-state index contributed by atoms with van der Waals surface area (Å²) in [5.41, 5.74) is 3.41. The number of nitrogens with one attached hydrogen (secondary N) is 2. The van der Waals surface area contributed by atoms with E-state index in [9.17, 15) is 14.9 Å². The molecule has 3 aromatic rings. The minimum Gasteiger partial charge on any atom is -0.351 e. The Kier molecular flexibility index (Phi) is 6.66. The summed E-state index contributed by atoms with van der Waals surface area (Å²) in [6.07, 6.45) is 5.79. The average Bonchev–Trinajstić information content (AvgIpc) is 3.35. The summed E-state index contributed by atoms with van der Waals surface area (Å²) in [6, 6.07) is 12.1. The summed E-state index contributed by atoms with van der Waals surface area (Å²) in [5.74, 6) is -0.0282. The Hall–Kier alpha value is -3.15. The number of aromatic nitrogens is 1. The molecule has 5 rings (SSSR count). The van der Waals surface area contributed by atoms with Gasteiger partial charge in [-0.1, -0.05) is 24.6 Å². The number of fused-ring (bicyclic) bond motifs is 2. The molecule has 0 spiro atoms. The van der Waals surface area contributed by atoms with Gasteiger partial charge in [0.05, 0.1) is 5.56 Å². The number of carbonyl (C=O) groups excluding carboxylic acids is 2. The number of piperazine rings is 1. The second-order valence-electron chi connectivity index (χ2n) is 9.08. The summed E-state index contributed by atoms with van der Waals surface area (Å²) in [6.45, 7) is 3.43. The number of thiophene rings is 1. The number of hydrogen-bond donors (Lipinski definition) is 2. The minimum absolute atomic E-state index is 0.0232. The summed E-state index contributed by atoms with van der Waals surface area (Å²) in [4.78, 5) is 34.1. The zero-order valence-electron chi connectivity index (χ0n) is 19.2. The molecule has 0 bridgehead atoms. The standard InChI is InChI=1S/C26H29N5O2S/c27-17-20-19-7-2-1-3-9-23(19)34-25(20)29-24(32)10-11-30-12-14-31(15-13-30)26(33)22-16-18-6-4-5-8-21(18)28-22/h4-6,8,16,28H,1-3,7,9-15H2,(H,29,32). The largest absolute Gasteiger partial charge is 0.351 e. The Balaban J connectivity index is 1.11. The van der Waals surface area contributed by atoms with E-state index >= 15 is 0 Å². The number of aryl methyl sites for hydroxylation is 1. The maximum atomic E-state index is 12.9. The zero-order chi connectivity index (χ0) is 23.5. The molecular formula is C26H29N5O2S. The first-order valence-electron chi connectivity index (χ1n) is 12.1. The smallest absolute Gasteiger partial charge is 0.270 e. The number of hydrogen-bond acceptors (Lipinski definition) is 5. The van der Waals surface area contributed by atoms with Crippen molar-refractivity contribution in [2.75, 3.05) is 38.0 Å². The lowest BCUT2D eigenvalue weighted by Crippen LogP contribution is -2.49. The first kappa shape index (κ1) is 22.6. The van der Waals surface area contributed by atoms with Gasteiger partial charge in [0, 0.05) is 54.9 Å². The Morgan fingerprint density at radius 2 is 1.88 bits per heavy atom. The number of rotatable bonds is 5. The van der Waals surface area contributed by atoms with Crippen molar-refractivity contribution in [3.8, 4) is 6.07 Å². The van der Waals surface area contributed by atoms with Gasteiger partial charge in [-0.2, -0.15) is 5.26 Å². The fourth-order valence-electron chi connectivity index (χ4n) is 4.93. The number of aromatic amines is 1. The lowest BCUT2D eigenvalue weighted by atomic mass is 10.1. The zero-order valence-corrected chi connectivity index (χ0v) is 20.0. The van der Waals surface area contributed by atoms with Crippen LogP contribution >= 0.6 is 11.3 Å². The molecule has 1 aliphatic heterocycles. The third kappa shape index (κ3) is 4.72. The van der Waals surface area contributed by atoms with Crippen LogP contribution in [0.1, 0.15) is 52.2 Å². The van der Waals surface area contributed by atoms with E-state index < -0.39 is 0 Å². The third-order valence-corrected chi connectivity index (χ3v) is 8.07. The van der Waals surface area contributed by atoms with Crippen molar-refractivity contribution in [3.63, 3.8) is 0 Å². The average molecular weight is 476 g/mol. The summed E-state index contributed by atoms with van der Waals surface area (Å²) < 4.78 is 0. The summed E-state index contributed by atoms with van der Waals surface area (Å²) in [7, 11) is 0. The van der Waals surface area contributed by atoms with Gasteiger partial charge in [0.2, 0.25) is 5.91 Å². The van der Waals surface area contributed by atoms with E-state index in [1.807, 2.05) is 35.2 Å². The van der Waals surface area contributed by atoms with Crippen molar-refractivity contribution in [2.45, 2.75) is 38.5 Å². The third-order valence-electron chi connectivity index (χ3n) is 6.86. The lowest BCUT2D eigenvalue weighted by Gasteiger charge is -2.34. The predicted octanol–water partition coefficient (Wildman–Crippen LogP) is 4.16. The highest BCUT2D eigenvalue weighted by molar-refractivity contribution is 7.16. The number of H-pyrrole nitrogens is 1. The minimum atomic E-state index is -0.0514. The molecule has 1 aliphatic carbocycles. The number of carbonyl (C=O) groups is 2. The molecule has 176 valence electrons. The van der Waals surface area contributed by atoms with Crippen molar-refractivity contribution >= 4 is 39.1 Å². The number of para-hydroxylation sites is 1. The van der Waals surface area contributed by atoms with Gasteiger partial charge in [0.1, 0.15) is 16.8 Å². The Labute approximate surface area is 203 Å². The SMILES string of the molecule is N#Cc1c(NC(=O)CCN2CCN(C(=O)c3cc4ccccc4[nH]3)CC2)sc2c1CCCCC2. The number of nitriles is 1. The molecule has 0 saturated carbocycles. The van der Waals surface area contributed by atoms with Gasteiger partial charge in [0.25, 0.3) is 5.91 Å². The topological polar surface area (TPSA) is 92.2 Å². The first-order valence-corrected chi connectivity index (χ1v) is 12.9. The van der Waals surface area contributed by atoms with Crippen LogP contribution in [0, 0.1) is 11.3 Å². The van der Waals surface area contributed by atoms with E-state index in [1.165, 1.54) is 11.3 Å². The van der Waals surface area contributed by atoms with Crippen LogP contribution in [0.2, 0.25) is 0 Å². The van der Waals surface area contributed by atoms with Crippen LogP contribution in [0.5, 0.6) is 0 Å². The predicted molar refractivity (Wildman–Crippen MR) is 134 cm³/mol. The van der Waals surface area contributed by atoms with Crippen LogP contribution in [-0.4, -0.2) is 59.3 Å². The van der Waals surface area contributed by atoms with Crippen LogP contribution in [0.3, 0.4) is 0 Å². The van der Waals surface area contributed by atoms with Crippen molar-refractivity contribution in [1.29, 1.82) is 5.26 Å². The second-order valence-corrected chi connectivity index (χ2v) is 10.2. The molecule has 3 heterocycles. The van der Waals surface area contributed by atoms with Gasteiger partial charge in [-0.15, -0.1) is 11.3 Å². The fraction of sp³-hybridized carbons (Fsp3) is 0.423. The molecule has 2 N–H and O–H groups in total. The van der Waals surface area contributed by atoms with Gasteiger partial charge in [-0.05, 0) is 43.4 Å². The number of anilines is 1. The molecule has 2 aromatic heterocycles. The van der Waals surface area contributed by atoms with Gasteiger partial charge in [-0.3, -0.25) is 14.5 Å². The normalized spacial score (nSPS) is 16.6. The molecule has 34 heavy (non-hydrogen) atoms. The number of benzene rings is 1. The molecule has 0 radical (unpaired) electrons. The van der Waals surface area contributed by atoms with E-state index in [-0.39, 0.29) is 11.8 Å². The lowest BCUT2D eigenvalue weighted by molar-refractivity contribution is -0.116. The van der Waals surface area contributed by atoms with Crippen LogP contribution in [0.25, 0.3) is 10.9 Å². The number of amides is 2. The summed E-state index contributed by atoms with van der Waals surface area (Å²) in [5, 5.41) is 14.4. The molecule has 2 aliphatic rings. The van der Waals surface area contributed by atoms with E-state index in [4.69, 9.17) is 0 Å². The van der Waals surface area contributed by atoms with E-state index in [2.05, 4.69) is 21.3 Å². The van der Waals surface area contributed by atoms with E-state index in [0.717, 1.165) is 55.2 Å². The highest BCUT2D eigenvalue weighted by atomic mass is 32.1. The highest BCUT2D eigenvalue weighted by Gasteiger charge is 2.24. The maximum absolute atomic E-state index is 12.9. The van der Waals surface area contributed by atoms with Crippen LogP contribution in [-0.2, 0) is 17.6 Å². The second kappa shape index (κ2) is 10.00. The van der Waals surface area contributed by atoms with Gasteiger partial charge in [0.15, 0.2) is 0 Å². The monoisotopic (exact) mass is 475 g/mol. The Morgan fingerprint density at radius 3 is 2.68 bits per heavy atom. The van der Waals surface area contributed by atoms with Gasteiger partial charge in [-0.25, -0.2) is 0 Å². The molecule has 1 saturated heterocycles. The van der Waals surface area contributed by atoms with Gasteiger partial charge >= 0.3 is 0 Å². The molecule has 8 heteroatoms. The maximum Gasteiger partial charge on any atom is 0.270 e. The molecule has 2 amide bonds. The van der Waals surface area contributed by atoms with E-state index in [0.29, 0.717) is 42.3 Å². The first-order chi connectivity index (χ1) is 16.6. The molecule has 0 unspecified atom stereocenters. The summed E-state index contributed by atoms with van der Waals surface area (Å²) >= 11 is 1.58. The van der Waals surface area contributed by atoms with Crippen molar-refractivity contribution in [2.24, 2.45) is 0 Å².